The average molecular weight is 330 g/mol. The van der Waals surface area contributed by atoms with E-state index < -0.39 is 17.8 Å². The summed E-state index contributed by atoms with van der Waals surface area (Å²) in [6, 6.07) is 6.77. The molecular formula is C18H22N2O4. The molecule has 2 atom stereocenters. The van der Waals surface area contributed by atoms with Crippen molar-refractivity contribution in [2.75, 3.05) is 10.6 Å². The molecule has 0 radical (unpaired) electrons. The molecule has 6 heteroatoms. The van der Waals surface area contributed by atoms with Gasteiger partial charge < -0.3 is 15.7 Å². The highest BCUT2D eigenvalue weighted by molar-refractivity contribution is 5.96. The van der Waals surface area contributed by atoms with E-state index in [0.29, 0.717) is 24.2 Å². The Balaban J connectivity index is 2.00. The molecule has 2 rings (SSSR count). The third kappa shape index (κ3) is 4.44. The lowest BCUT2D eigenvalue weighted by Gasteiger charge is -2.24. The second kappa shape index (κ2) is 7.77. The van der Waals surface area contributed by atoms with E-state index in [1.54, 1.807) is 44.2 Å². The Kier molecular flexibility index (Phi) is 5.73. The van der Waals surface area contributed by atoms with Crippen molar-refractivity contribution < 1.29 is 19.5 Å². The van der Waals surface area contributed by atoms with E-state index in [2.05, 4.69) is 10.6 Å². The summed E-state index contributed by atoms with van der Waals surface area (Å²) in [7, 11) is 0. The SMILES string of the molecule is CC(C)C(=O)Nc1ccc(NC(=O)[C@H]2CC=CC[C@H]2C(=O)O)cc1. The maximum Gasteiger partial charge on any atom is 0.307 e. The highest BCUT2D eigenvalue weighted by Crippen LogP contribution is 2.27. The van der Waals surface area contributed by atoms with Crippen LogP contribution in [0.4, 0.5) is 11.4 Å². The molecule has 0 fully saturated rings. The maximum absolute atomic E-state index is 12.4. The Hall–Kier alpha value is -2.63. The predicted octanol–water partition coefficient (Wildman–Crippen LogP) is 2.89. The summed E-state index contributed by atoms with van der Waals surface area (Å²) in [6.07, 6.45) is 4.43. The molecule has 0 bridgehead atoms. The van der Waals surface area contributed by atoms with Crippen molar-refractivity contribution in [1.29, 1.82) is 0 Å². The zero-order valence-electron chi connectivity index (χ0n) is 13.8. The Morgan fingerprint density at radius 3 is 1.96 bits per heavy atom. The zero-order chi connectivity index (χ0) is 17.7. The molecular weight excluding hydrogens is 308 g/mol. The molecule has 0 aromatic heterocycles. The van der Waals surface area contributed by atoms with Gasteiger partial charge in [0.05, 0.1) is 11.8 Å². The van der Waals surface area contributed by atoms with Crippen LogP contribution in [0.15, 0.2) is 36.4 Å². The number of hydrogen-bond donors (Lipinski definition) is 3. The van der Waals surface area contributed by atoms with Crippen LogP contribution in [0.2, 0.25) is 0 Å². The van der Waals surface area contributed by atoms with Gasteiger partial charge in [0.15, 0.2) is 0 Å². The lowest BCUT2D eigenvalue weighted by molar-refractivity contribution is -0.146. The van der Waals surface area contributed by atoms with Crippen molar-refractivity contribution in [2.45, 2.75) is 26.7 Å². The van der Waals surface area contributed by atoms with Gasteiger partial charge in [0, 0.05) is 17.3 Å². The van der Waals surface area contributed by atoms with Crippen LogP contribution in [0.1, 0.15) is 26.7 Å². The largest absolute Gasteiger partial charge is 0.481 e. The number of carbonyl (C=O) groups excluding carboxylic acids is 2. The first-order valence-electron chi connectivity index (χ1n) is 7.98. The van der Waals surface area contributed by atoms with Gasteiger partial charge in [0.2, 0.25) is 11.8 Å². The molecule has 0 heterocycles. The van der Waals surface area contributed by atoms with E-state index in [4.69, 9.17) is 0 Å². The number of anilines is 2. The van der Waals surface area contributed by atoms with E-state index in [1.807, 2.05) is 6.08 Å². The molecule has 1 aliphatic rings. The van der Waals surface area contributed by atoms with Gasteiger partial charge in [-0.05, 0) is 37.1 Å². The predicted molar refractivity (Wildman–Crippen MR) is 91.5 cm³/mol. The van der Waals surface area contributed by atoms with Crippen LogP contribution in [-0.4, -0.2) is 22.9 Å². The van der Waals surface area contributed by atoms with Crippen LogP contribution in [-0.2, 0) is 14.4 Å². The van der Waals surface area contributed by atoms with Crippen molar-refractivity contribution in [3.05, 3.63) is 36.4 Å². The average Bonchev–Trinajstić information content (AvgIpc) is 2.56. The highest BCUT2D eigenvalue weighted by atomic mass is 16.4. The second-order valence-corrected chi connectivity index (χ2v) is 6.20. The third-order valence-electron chi connectivity index (χ3n) is 4.03. The quantitative estimate of drug-likeness (QED) is 0.723. The number of aliphatic carboxylic acids is 1. The van der Waals surface area contributed by atoms with E-state index in [-0.39, 0.29) is 17.7 Å². The maximum atomic E-state index is 12.4. The molecule has 0 saturated carbocycles. The summed E-state index contributed by atoms with van der Waals surface area (Å²) >= 11 is 0. The van der Waals surface area contributed by atoms with Gasteiger partial charge in [0.25, 0.3) is 0 Å². The molecule has 1 aliphatic carbocycles. The van der Waals surface area contributed by atoms with Crippen LogP contribution >= 0.6 is 0 Å². The van der Waals surface area contributed by atoms with Crippen molar-refractivity contribution in [3.8, 4) is 0 Å². The van der Waals surface area contributed by atoms with Gasteiger partial charge in [-0.15, -0.1) is 0 Å². The van der Waals surface area contributed by atoms with Gasteiger partial charge in [-0.2, -0.15) is 0 Å². The first-order valence-corrected chi connectivity index (χ1v) is 7.98. The van der Waals surface area contributed by atoms with Gasteiger partial charge in [-0.25, -0.2) is 0 Å². The number of carboxylic acid groups (broad SMARTS) is 1. The molecule has 0 spiro atoms. The number of allylic oxidation sites excluding steroid dienone is 2. The lowest BCUT2D eigenvalue weighted by Crippen LogP contribution is -2.34. The minimum absolute atomic E-state index is 0.0786. The summed E-state index contributed by atoms with van der Waals surface area (Å²) < 4.78 is 0. The molecule has 1 aromatic carbocycles. The van der Waals surface area contributed by atoms with Gasteiger partial charge in [-0.1, -0.05) is 26.0 Å². The molecule has 0 unspecified atom stereocenters. The minimum atomic E-state index is -0.953. The number of rotatable bonds is 5. The Morgan fingerprint density at radius 2 is 1.46 bits per heavy atom. The Bertz CT molecular complexity index is 649. The van der Waals surface area contributed by atoms with Gasteiger partial charge in [-0.3, -0.25) is 14.4 Å². The Labute approximate surface area is 140 Å². The molecule has 0 aliphatic heterocycles. The summed E-state index contributed by atoms with van der Waals surface area (Å²) in [6.45, 7) is 3.61. The van der Waals surface area contributed by atoms with Crippen molar-refractivity contribution in [1.82, 2.24) is 0 Å². The second-order valence-electron chi connectivity index (χ2n) is 6.20. The minimum Gasteiger partial charge on any atom is -0.481 e. The van der Waals surface area contributed by atoms with Gasteiger partial charge >= 0.3 is 5.97 Å². The number of carbonyl (C=O) groups is 3. The first-order chi connectivity index (χ1) is 11.4. The summed E-state index contributed by atoms with van der Waals surface area (Å²) in [5.74, 6) is -2.72. The third-order valence-corrected chi connectivity index (χ3v) is 4.03. The normalized spacial score (nSPS) is 19.8. The molecule has 2 amide bonds. The number of hydrogen-bond acceptors (Lipinski definition) is 3. The molecule has 24 heavy (non-hydrogen) atoms. The standard InChI is InChI=1S/C18H22N2O4/c1-11(2)16(21)19-12-7-9-13(10-8-12)20-17(22)14-5-3-4-6-15(14)18(23)24/h3-4,7-11,14-15H,5-6H2,1-2H3,(H,19,21)(H,20,22)(H,23,24)/t14-,15+/m0/s1. The topological polar surface area (TPSA) is 95.5 Å². The summed E-state index contributed by atoms with van der Waals surface area (Å²) in [5, 5.41) is 14.8. The molecule has 3 N–H and O–H groups in total. The van der Waals surface area contributed by atoms with Crippen molar-refractivity contribution in [3.63, 3.8) is 0 Å². The number of nitrogens with one attached hydrogen (secondary N) is 2. The van der Waals surface area contributed by atoms with Crippen molar-refractivity contribution >= 4 is 29.2 Å². The fourth-order valence-corrected chi connectivity index (χ4v) is 2.54. The van der Waals surface area contributed by atoms with Crippen LogP contribution in [0.5, 0.6) is 0 Å². The van der Waals surface area contributed by atoms with Crippen LogP contribution in [0.25, 0.3) is 0 Å². The first kappa shape index (κ1) is 17.7. The van der Waals surface area contributed by atoms with E-state index in [0.717, 1.165) is 0 Å². The molecule has 6 nitrogen and oxygen atoms in total. The smallest absolute Gasteiger partial charge is 0.307 e. The number of carboxylic acids is 1. The monoisotopic (exact) mass is 330 g/mol. The summed E-state index contributed by atoms with van der Waals surface area (Å²) in [4.78, 5) is 35.3. The van der Waals surface area contributed by atoms with Crippen LogP contribution in [0.3, 0.4) is 0 Å². The van der Waals surface area contributed by atoms with Crippen LogP contribution in [0, 0.1) is 17.8 Å². The number of benzene rings is 1. The van der Waals surface area contributed by atoms with E-state index >= 15 is 0 Å². The summed E-state index contributed by atoms with van der Waals surface area (Å²) in [5.41, 5.74) is 1.22. The van der Waals surface area contributed by atoms with Gasteiger partial charge in [0.1, 0.15) is 0 Å². The Morgan fingerprint density at radius 1 is 0.958 bits per heavy atom. The fraction of sp³-hybridized carbons (Fsp3) is 0.389. The van der Waals surface area contributed by atoms with Crippen LogP contribution < -0.4 is 10.6 Å². The zero-order valence-corrected chi connectivity index (χ0v) is 13.8. The van der Waals surface area contributed by atoms with Crippen molar-refractivity contribution in [2.24, 2.45) is 17.8 Å². The van der Waals surface area contributed by atoms with E-state index in [1.165, 1.54) is 0 Å². The number of amides is 2. The lowest BCUT2D eigenvalue weighted by atomic mass is 9.82. The molecule has 0 saturated heterocycles. The molecule has 1 aromatic rings. The molecule has 128 valence electrons. The van der Waals surface area contributed by atoms with E-state index in [9.17, 15) is 19.5 Å². The fourth-order valence-electron chi connectivity index (χ4n) is 2.54. The highest BCUT2D eigenvalue weighted by Gasteiger charge is 2.33.